The molecular formula is C95H172O16P2. The maximum Gasteiger partial charge on any atom is 0.472 e. The average molecular weight is 1630 g/mol. The van der Waals surface area contributed by atoms with Crippen molar-refractivity contribution in [2.24, 2.45) is 0 Å². The smallest absolute Gasteiger partial charge is 0.463 e. The average Bonchev–Trinajstić information content (AvgIpc) is 0.903. The first-order chi connectivity index (χ1) is 55.2. The van der Waals surface area contributed by atoms with Crippen LogP contribution in [0.15, 0.2) is 97.2 Å². The van der Waals surface area contributed by atoms with Crippen LogP contribution in [0.25, 0.3) is 0 Å². The summed E-state index contributed by atoms with van der Waals surface area (Å²) in [5.74, 6) is -1.55. The van der Waals surface area contributed by atoms with Crippen LogP contribution < -0.4 is 0 Å². The maximum absolute atomic E-state index is 13.0. The van der Waals surface area contributed by atoms with E-state index in [0.717, 1.165) is 103 Å². The highest BCUT2D eigenvalue weighted by molar-refractivity contribution is 7.47. The summed E-state index contributed by atoms with van der Waals surface area (Å²) in [4.78, 5) is 58.9. The van der Waals surface area contributed by atoms with Crippen LogP contribution in [-0.2, 0) is 55.8 Å². The van der Waals surface area contributed by atoms with Crippen LogP contribution in [0.3, 0.4) is 0 Å². The zero-order valence-electron chi connectivity index (χ0n) is 72.5. The number of phosphoric acid groups is 2. The zero-order valence-corrected chi connectivity index (χ0v) is 74.3. The molecule has 5 unspecified atom stereocenters. The van der Waals surface area contributed by atoms with Crippen molar-refractivity contribution in [1.29, 1.82) is 0 Å². The Kier molecular flexibility index (Phi) is 85.0. The summed E-state index contributed by atoms with van der Waals surface area (Å²) in [5.41, 5.74) is 0. The number of carbonyl (C=O) groups excluding carboxylic acids is 3. The summed E-state index contributed by atoms with van der Waals surface area (Å²) in [6.07, 6.45) is 105. The third-order valence-electron chi connectivity index (χ3n) is 20.3. The van der Waals surface area contributed by atoms with E-state index in [0.29, 0.717) is 19.3 Å². The highest BCUT2D eigenvalue weighted by Crippen LogP contribution is 2.45. The molecule has 4 N–H and O–H groups in total. The minimum Gasteiger partial charge on any atom is -0.463 e. The molecule has 16 nitrogen and oxygen atoms in total. The molecule has 18 heteroatoms. The first-order valence-corrected chi connectivity index (χ1v) is 49.5. The van der Waals surface area contributed by atoms with Crippen molar-refractivity contribution in [1.82, 2.24) is 0 Å². The molecule has 113 heavy (non-hydrogen) atoms. The normalized spacial score (nSPS) is 14.2. The molecule has 0 fully saturated rings. The minimum absolute atomic E-state index is 0.111. The van der Waals surface area contributed by atoms with Crippen LogP contribution in [0, 0.1) is 0 Å². The van der Waals surface area contributed by atoms with Crippen LogP contribution in [0.4, 0.5) is 0 Å². The molecule has 0 spiro atoms. The monoisotopic (exact) mass is 1630 g/mol. The van der Waals surface area contributed by atoms with E-state index >= 15 is 0 Å². The Balaban J connectivity index is 4.44. The lowest BCUT2D eigenvalue weighted by Crippen LogP contribution is -2.30. The number of ether oxygens (including phenoxy) is 3. The summed E-state index contributed by atoms with van der Waals surface area (Å²) < 4.78 is 61.4. The quantitative estimate of drug-likeness (QED) is 0.0146. The largest absolute Gasteiger partial charge is 0.472 e. The van der Waals surface area contributed by atoms with Crippen molar-refractivity contribution in [2.75, 3.05) is 39.6 Å². The van der Waals surface area contributed by atoms with Crippen LogP contribution in [-0.4, -0.2) is 95.9 Å². The van der Waals surface area contributed by atoms with Crippen molar-refractivity contribution < 1.29 is 75.8 Å². The first kappa shape index (κ1) is 109. The number of allylic oxidation sites excluding steroid dienone is 16. The number of hydrogen-bond donors (Lipinski definition) is 4. The molecule has 0 saturated carbocycles. The molecule has 0 amide bonds. The number of unbranched alkanes of at least 4 members (excludes halogenated alkanes) is 50. The molecule has 0 aromatic rings. The topological polar surface area (TPSA) is 231 Å². The Hall–Kier alpha value is -3.53. The summed E-state index contributed by atoms with van der Waals surface area (Å²) in [5, 5.41) is 20.7. The Bertz CT molecular complexity index is 2440. The second-order valence-electron chi connectivity index (χ2n) is 31.5. The van der Waals surface area contributed by atoms with E-state index < -0.39 is 91.5 Å². The van der Waals surface area contributed by atoms with Crippen molar-refractivity contribution >= 4 is 33.6 Å². The van der Waals surface area contributed by atoms with E-state index in [1.165, 1.54) is 270 Å². The number of aliphatic hydroxyl groups excluding tert-OH is 2. The third kappa shape index (κ3) is 89.1. The Labute approximate surface area is 692 Å². The number of esters is 3. The van der Waals surface area contributed by atoms with Gasteiger partial charge in [-0.05, 0) is 109 Å². The van der Waals surface area contributed by atoms with E-state index in [4.69, 9.17) is 32.3 Å². The van der Waals surface area contributed by atoms with Crippen molar-refractivity contribution in [2.45, 2.75) is 450 Å². The fourth-order valence-electron chi connectivity index (χ4n) is 13.2. The van der Waals surface area contributed by atoms with Gasteiger partial charge in [-0.2, -0.15) is 0 Å². The molecule has 0 radical (unpaired) electrons. The van der Waals surface area contributed by atoms with Gasteiger partial charge in [0.1, 0.15) is 25.4 Å². The summed E-state index contributed by atoms with van der Waals surface area (Å²) in [7, 11) is -9.79. The van der Waals surface area contributed by atoms with Gasteiger partial charge in [-0.25, -0.2) is 9.13 Å². The Morgan fingerprint density at radius 2 is 0.442 bits per heavy atom. The van der Waals surface area contributed by atoms with Crippen LogP contribution in [0.1, 0.15) is 432 Å². The van der Waals surface area contributed by atoms with Crippen molar-refractivity contribution in [3.63, 3.8) is 0 Å². The van der Waals surface area contributed by atoms with Gasteiger partial charge in [-0.15, -0.1) is 0 Å². The van der Waals surface area contributed by atoms with Gasteiger partial charge >= 0.3 is 33.6 Å². The second kappa shape index (κ2) is 87.8. The molecule has 0 rings (SSSR count). The summed E-state index contributed by atoms with van der Waals surface area (Å²) in [6.45, 7) is 2.72. The summed E-state index contributed by atoms with van der Waals surface area (Å²) in [6, 6.07) is 0. The first-order valence-electron chi connectivity index (χ1n) is 46.5. The van der Waals surface area contributed by atoms with Gasteiger partial charge in [0.2, 0.25) is 0 Å². The number of carbonyl (C=O) groups is 3. The van der Waals surface area contributed by atoms with E-state index in [9.17, 15) is 43.5 Å². The van der Waals surface area contributed by atoms with Gasteiger partial charge in [-0.1, -0.05) is 401 Å². The molecule has 0 aromatic heterocycles. The Morgan fingerprint density at radius 1 is 0.248 bits per heavy atom. The molecule has 0 saturated heterocycles. The van der Waals surface area contributed by atoms with Gasteiger partial charge in [0, 0.05) is 19.3 Å². The lowest BCUT2D eigenvalue weighted by atomic mass is 10.0. The molecule has 5 atom stereocenters. The number of phosphoric ester groups is 2. The molecule has 0 aliphatic carbocycles. The van der Waals surface area contributed by atoms with E-state index in [-0.39, 0.29) is 19.3 Å². The van der Waals surface area contributed by atoms with Crippen LogP contribution >= 0.6 is 15.6 Å². The third-order valence-corrected chi connectivity index (χ3v) is 22.2. The number of rotatable bonds is 89. The van der Waals surface area contributed by atoms with Crippen LogP contribution in [0.5, 0.6) is 0 Å². The van der Waals surface area contributed by atoms with E-state index in [2.05, 4.69) is 118 Å². The van der Waals surface area contributed by atoms with Gasteiger partial charge in [0.25, 0.3) is 0 Å². The molecule has 0 aliphatic rings. The lowest BCUT2D eigenvalue weighted by molar-refractivity contribution is -0.161. The minimum atomic E-state index is -4.93. The molecule has 0 heterocycles. The summed E-state index contributed by atoms with van der Waals surface area (Å²) >= 11 is 0. The highest BCUT2D eigenvalue weighted by Gasteiger charge is 2.30. The zero-order chi connectivity index (χ0) is 82.2. The molecular weight excluding hydrogens is 1460 g/mol. The fraction of sp³-hybridized carbons (Fsp3) is 0.800. The van der Waals surface area contributed by atoms with Gasteiger partial charge < -0.3 is 34.2 Å². The predicted molar refractivity (Wildman–Crippen MR) is 473 cm³/mol. The predicted octanol–water partition coefficient (Wildman–Crippen LogP) is 28.4. The molecule has 658 valence electrons. The van der Waals surface area contributed by atoms with Crippen molar-refractivity contribution in [3.8, 4) is 0 Å². The maximum atomic E-state index is 13.0. The lowest BCUT2D eigenvalue weighted by Gasteiger charge is -2.21. The number of aliphatic hydroxyl groups is 2. The Morgan fingerprint density at radius 3 is 0.717 bits per heavy atom. The van der Waals surface area contributed by atoms with Crippen LogP contribution in [0.2, 0.25) is 0 Å². The highest BCUT2D eigenvalue weighted by atomic mass is 31.2. The van der Waals surface area contributed by atoms with E-state index in [1.54, 1.807) is 0 Å². The standard InChI is InChI=1S/C95H172O16P2/c1-4-7-10-13-16-19-22-25-28-30-32-34-36-38-40-42-44-46-48-50-52-54-56-58-61-63-66-69-72-75-78-81-93(98)105-84-90(96)85-107-112(101,102)108-86-91(97)87-109-113(103,104)110-89-92(111-95(100)83-80-77-74-71-68-65-60-27-24-21-18-15-12-9-6-3)88-106-94(99)82-79-76-73-70-67-64-62-59-57-55-53-51-49-47-45-43-41-39-37-35-33-31-29-26-23-20-17-14-11-8-5-2/h16-17,19-20,25-26,28-29,32-35,38-41,90-92,96-97H,4-15,18,21-24,27,30-31,36-37,42-89H2,1-3H3,(H,101,102)(H,103,104)/b19-16-,20-17-,28-25-,29-26-,34-32-,35-33-,40-38-,41-39-. The number of hydrogen-bond acceptors (Lipinski definition) is 14. The van der Waals surface area contributed by atoms with Gasteiger partial charge in [0.05, 0.1) is 26.4 Å². The SMILES string of the molecule is CCCCC/C=C\C/C=C\C/C=C\C/C=C\CCCCCCCCCCCCCCCCCC(=O)OCC(O)COP(=O)(O)OCC(O)COP(=O)(O)OCC(COC(=O)CCCCCCCCCCCCCCCCC/C=C\C/C=C\C/C=C\C/C=C\CCCCC)OC(=O)CCCCCCCCCCCCCCCCC. The molecule has 0 aromatic carbocycles. The van der Waals surface area contributed by atoms with Gasteiger partial charge in [0.15, 0.2) is 6.10 Å². The molecule has 0 bridgehead atoms. The fourth-order valence-corrected chi connectivity index (χ4v) is 14.8. The van der Waals surface area contributed by atoms with E-state index in [1.807, 2.05) is 0 Å². The second-order valence-corrected chi connectivity index (χ2v) is 34.4. The molecule has 0 aliphatic heterocycles. The van der Waals surface area contributed by atoms with Gasteiger partial charge in [-0.3, -0.25) is 32.5 Å². The van der Waals surface area contributed by atoms with Crippen molar-refractivity contribution in [3.05, 3.63) is 97.2 Å².